The Morgan fingerprint density at radius 3 is 2.42 bits per heavy atom. The van der Waals surface area contributed by atoms with E-state index in [4.69, 9.17) is 9.73 Å². The number of aryl methyl sites for hydroxylation is 2. The van der Waals surface area contributed by atoms with E-state index in [9.17, 15) is 0 Å². The SMILES string of the molecule is CCNC(=NCCC(OCC)C(C)C)NCCc1c(C)nn(C)c1C.I. The molecule has 1 rings (SSSR count). The fourth-order valence-corrected chi connectivity index (χ4v) is 2.95. The predicted molar refractivity (Wildman–Crippen MR) is 121 cm³/mol. The Balaban J connectivity index is 0.00000625. The second kappa shape index (κ2) is 13.4. The lowest BCUT2D eigenvalue weighted by Gasteiger charge is -2.20. The molecule has 0 aliphatic carbocycles. The van der Waals surface area contributed by atoms with Crippen molar-refractivity contribution < 1.29 is 4.74 Å². The van der Waals surface area contributed by atoms with E-state index < -0.39 is 0 Å². The molecule has 0 aliphatic heterocycles. The molecule has 152 valence electrons. The lowest BCUT2D eigenvalue weighted by Crippen LogP contribution is -2.38. The molecule has 0 radical (unpaired) electrons. The summed E-state index contributed by atoms with van der Waals surface area (Å²) in [6.07, 6.45) is 2.17. The van der Waals surface area contributed by atoms with Crippen LogP contribution in [0.5, 0.6) is 0 Å². The maximum Gasteiger partial charge on any atom is 0.191 e. The van der Waals surface area contributed by atoms with Crippen molar-refractivity contribution in [3.05, 3.63) is 17.0 Å². The Kier molecular flexibility index (Phi) is 12.9. The summed E-state index contributed by atoms with van der Waals surface area (Å²) in [6.45, 7) is 16.0. The van der Waals surface area contributed by atoms with Crippen LogP contribution in [0.4, 0.5) is 0 Å². The number of nitrogens with zero attached hydrogens (tertiary/aromatic N) is 3. The van der Waals surface area contributed by atoms with Crippen LogP contribution in [0.2, 0.25) is 0 Å². The third kappa shape index (κ3) is 8.24. The number of guanidine groups is 1. The van der Waals surface area contributed by atoms with Crippen molar-refractivity contribution in [2.75, 3.05) is 26.2 Å². The first-order valence-electron chi connectivity index (χ1n) is 9.53. The molecule has 6 nitrogen and oxygen atoms in total. The summed E-state index contributed by atoms with van der Waals surface area (Å²) in [5, 5.41) is 11.2. The standard InChI is InChI=1S/C19H37N5O.HI/c1-8-20-19(22-13-11-18(14(3)4)25-9-2)21-12-10-17-15(5)23-24(7)16(17)6;/h14,18H,8-13H2,1-7H3,(H2,20,21,22);1H. The Morgan fingerprint density at radius 2 is 1.92 bits per heavy atom. The number of nitrogens with one attached hydrogen (secondary N) is 2. The van der Waals surface area contributed by atoms with Crippen molar-refractivity contribution >= 4 is 29.9 Å². The van der Waals surface area contributed by atoms with Gasteiger partial charge >= 0.3 is 0 Å². The molecule has 0 saturated carbocycles. The second-order valence-corrected chi connectivity index (χ2v) is 6.74. The average Bonchev–Trinajstić information content (AvgIpc) is 2.79. The normalized spacial score (nSPS) is 12.8. The van der Waals surface area contributed by atoms with Crippen LogP contribution in [0.3, 0.4) is 0 Å². The van der Waals surface area contributed by atoms with Crippen molar-refractivity contribution in [2.24, 2.45) is 18.0 Å². The maximum absolute atomic E-state index is 5.79. The summed E-state index contributed by atoms with van der Waals surface area (Å²) in [6, 6.07) is 0. The smallest absolute Gasteiger partial charge is 0.191 e. The Labute approximate surface area is 176 Å². The molecule has 0 amide bonds. The average molecular weight is 479 g/mol. The molecule has 1 aromatic rings. The highest BCUT2D eigenvalue weighted by molar-refractivity contribution is 14.0. The van der Waals surface area contributed by atoms with Crippen LogP contribution in [0.15, 0.2) is 4.99 Å². The van der Waals surface area contributed by atoms with Gasteiger partial charge in [-0.2, -0.15) is 5.10 Å². The minimum absolute atomic E-state index is 0. The molecule has 7 heteroatoms. The highest BCUT2D eigenvalue weighted by Crippen LogP contribution is 2.12. The van der Waals surface area contributed by atoms with Gasteiger partial charge in [0.2, 0.25) is 0 Å². The molecule has 0 spiro atoms. The fourth-order valence-electron chi connectivity index (χ4n) is 2.95. The third-order valence-corrected chi connectivity index (χ3v) is 4.48. The van der Waals surface area contributed by atoms with Crippen LogP contribution in [0.1, 0.15) is 51.1 Å². The monoisotopic (exact) mass is 479 g/mol. The van der Waals surface area contributed by atoms with Crippen LogP contribution >= 0.6 is 24.0 Å². The summed E-state index contributed by atoms with van der Waals surface area (Å²) >= 11 is 0. The summed E-state index contributed by atoms with van der Waals surface area (Å²) < 4.78 is 7.74. The van der Waals surface area contributed by atoms with E-state index in [-0.39, 0.29) is 30.1 Å². The molecule has 1 heterocycles. The molecular weight excluding hydrogens is 441 g/mol. The summed E-state index contributed by atoms with van der Waals surface area (Å²) in [5.41, 5.74) is 3.67. The molecular formula is C19H38IN5O. The maximum atomic E-state index is 5.79. The quantitative estimate of drug-likeness (QED) is 0.308. The molecule has 0 bridgehead atoms. The number of aromatic nitrogens is 2. The topological polar surface area (TPSA) is 63.5 Å². The van der Waals surface area contributed by atoms with Gasteiger partial charge in [-0.3, -0.25) is 9.67 Å². The van der Waals surface area contributed by atoms with E-state index >= 15 is 0 Å². The van der Waals surface area contributed by atoms with E-state index in [0.717, 1.165) is 50.7 Å². The Hall–Kier alpha value is -0.830. The van der Waals surface area contributed by atoms with E-state index in [0.29, 0.717) is 5.92 Å². The molecule has 0 aliphatic rings. The van der Waals surface area contributed by atoms with Gasteiger partial charge in [0.05, 0.1) is 11.8 Å². The van der Waals surface area contributed by atoms with Crippen molar-refractivity contribution in [3.8, 4) is 0 Å². The van der Waals surface area contributed by atoms with Gasteiger partial charge in [0.15, 0.2) is 5.96 Å². The van der Waals surface area contributed by atoms with E-state index in [2.05, 4.69) is 50.4 Å². The lowest BCUT2D eigenvalue weighted by molar-refractivity contribution is 0.0266. The van der Waals surface area contributed by atoms with Gasteiger partial charge in [-0.15, -0.1) is 24.0 Å². The molecule has 0 aromatic carbocycles. The summed E-state index contributed by atoms with van der Waals surface area (Å²) in [7, 11) is 1.99. The third-order valence-electron chi connectivity index (χ3n) is 4.48. The number of hydrogen-bond acceptors (Lipinski definition) is 3. The lowest BCUT2D eigenvalue weighted by atomic mass is 10.0. The first-order valence-corrected chi connectivity index (χ1v) is 9.53. The largest absolute Gasteiger partial charge is 0.378 e. The van der Waals surface area contributed by atoms with E-state index in [1.807, 2.05) is 18.7 Å². The number of ether oxygens (including phenoxy) is 1. The van der Waals surface area contributed by atoms with Crippen molar-refractivity contribution in [1.82, 2.24) is 20.4 Å². The van der Waals surface area contributed by atoms with Gasteiger partial charge in [-0.05, 0) is 52.0 Å². The van der Waals surface area contributed by atoms with Crippen LogP contribution < -0.4 is 10.6 Å². The van der Waals surface area contributed by atoms with Gasteiger partial charge in [0.25, 0.3) is 0 Å². The molecule has 26 heavy (non-hydrogen) atoms. The number of rotatable bonds is 10. The first-order chi connectivity index (χ1) is 11.9. The molecule has 1 unspecified atom stereocenters. The number of aliphatic imine (C=N–C) groups is 1. The highest BCUT2D eigenvalue weighted by Gasteiger charge is 2.13. The zero-order valence-electron chi connectivity index (χ0n) is 17.6. The summed E-state index contributed by atoms with van der Waals surface area (Å²) in [4.78, 5) is 4.69. The zero-order chi connectivity index (χ0) is 18.8. The minimum Gasteiger partial charge on any atom is -0.378 e. The van der Waals surface area contributed by atoms with Crippen LogP contribution in [0.25, 0.3) is 0 Å². The van der Waals surface area contributed by atoms with Gasteiger partial charge in [-0.1, -0.05) is 13.8 Å². The number of hydrogen-bond donors (Lipinski definition) is 2. The Morgan fingerprint density at radius 1 is 1.23 bits per heavy atom. The van der Waals surface area contributed by atoms with Crippen LogP contribution in [-0.4, -0.2) is 48.1 Å². The molecule has 1 atom stereocenters. The van der Waals surface area contributed by atoms with Crippen molar-refractivity contribution in [1.29, 1.82) is 0 Å². The highest BCUT2D eigenvalue weighted by atomic mass is 127. The fraction of sp³-hybridized carbons (Fsp3) is 0.789. The van der Waals surface area contributed by atoms with Gasteiger partial charge in [-0.25, -0.2) is 0 Å². The zero-order valence-corrected chi connectivity index (χ0v) is 19.9. The van der Waals surface area contributed by atoms with Gasteiger partial charge in [0.1, 0.15) is 0 Å². The molecule has 1 aromatic heterocycles. The van der Waals surface area contributed by atoms with E-state index in [1.165, 1.54) is 11.3 Å². The van der Waals surface area contributed by atoms with Gasteiger partial charge < -0.3 is 15.4 Å². The van der Waals surface area contributed by atoms with Crippen molar-refractivity contribution in [3.63, 3.8) is 0 Å². The molecule has 2 N–H and O–H groups in total. The molecule has 0 saturated heterocycles. The number of halogens is 1. The van der Waals surface area contributed by atoms with Gasteiger partial charge in [0, 0.05) is 39.0 Å². The van der Waals surface area contributed by atoms with Crippen molar-refractivity contribution in [2.45, 2.75) is 60.5 Å². The predicted octanol–water partition coefficient (Wildman–Crippen LogP) is 3.20. The van der Waals surface area contributed by atoms with Crippen LogP contribution in [-0.2, 0) is 18.2 Å². The van der Waals surface area contributed by atoms with E-state index in [1.54, 1.807) is 0 Å². The minimum atomic E-state index is 0. The summed E-state index contributed by atoms with van der Waals surface area (Å²) in [5.74, 6) is 1.39. The second-order valence-electron chi connectivity index (χ2n) is 6.74. The Bertz CT molecular complexity index is 542. The molecule has 0 fully saturated rings. The van der Waals surface area contributed by atoms with Crippen LogP contribution in [0, 0.1) is 19.8 Å². The first kappa shape index (κ1) is 25.2.